The Hall–Kier alpha value is -4.20. The van der Waals surface area contributed by atoms with Crippen LogP contribution in [0.5, 0.6) is 0 Å². The lowest BCUT2D eigenvalue weighted by Crippen LogP contribution is -2.58. The molecule has 6 amide bonds. The molecule has 0 bridgehead atoms. The maximum atomic E-state index is 13.5. The van der Waals surface area contributed by atoms with Crippen LogP contribution in [0.15, 0.2) is 30.3 Å². The van der Waals surface area contributed by atoms with E-state index in [-0.39, 0.29) is 24.2 Å². The molecule has 0 heterocycles. The number of hydrogen-bond donors (Lipinski definition) is 7. The molecule has 14 nitrogen and oxygen atoms in total. The minimum absolute atomic E-state index is 0.00486. The molecule has 0 aromatic heterocycles. The number of primary amides is 1. The molecule has 4 unspecified atom stereocenters. The lowest BCUT2D eigenvalue weighted by molar-refractivity contribution is -0.134. The molecular formula is C36H60N6O8. The molecule has 50 heavy (non-hydrogen) atoms. The van der Waals surface area contributed by atoms with Crippen molar-refractivity contribution in [2.24, 2.45) is 29.4 Å². The molecule has 8 N–H and O–H groups in total. The van der Waals surface area contributed by atoms with E-state index in [9.17, 15) is 33.9 Å². The molecule has 1 aromatic carbocycles. The van der Waals surface area contributed by atoms with Crippen LogP contribution in [-0.2, 0) is 35.3 Å². The minimum atomic E-state index is -1.41. The van der Waals surface area contributed by atoms with Gasteiger partial charge in [0.1, 0.15) is 23.7 Å². The maximum absolute atomic E-state index is 13.5. The standard InChI is InChI=1S/C36H60N6O8/c1-20(2)16-25(27(43)17-23(7)31(45)41-29(21(3)4)33(47)38-19-24-14-12-11-13-15-24)39-32(46)26(18-28(37)44)40-34(48)30(22(5)6)42-35(49)50-36(8,9)10/h11-15,20-23,25-27,29-30,43H,16-19H2,1-10H3,(H2,37,44)(H,38,47)(H,39,46)(H,40,48)(H,41,45)(H,42,49)/t23?,25-,26?,27?,29?,30-/m0/s1. The number of benzene rings is 1. The van der Waals surface area contributed by atoms with Crippen LogP contribution in [0.2, 0.25) is 0 Å². The largest absolute Gasteiger partial charge is 0.444 e. The number of nitrogens with one attached hydrogen (secondary N) is 5. The molecule has 0 fully saturated rings. The van der Waals surface area contributed by atoms with Gasteiger partial charge >= 0.3 is 6.09 Å². The van der Waals surface area contributed by atoms with Crippen molar-refractivity contribution >= 4 is 35.6 Å². The number of hydrogen-bond acceptors (Lipinski definition) is 8. The second kappa shape index (κ2) is 20.5. The Bertz CT molecular complexity index is 1280. The number of nitrogens with two attached hydrogens (primary N) is 1. The number of carbonyl (C=O) groups is 6. The summed E-state index contributed by atoms with van der Waals surface area (Å²) in [6, 6.07) is 5.20. The first kappa shape index (κ1) is 43.8. The van der Waals surface area contributed by atoms with E-state index in [0.717, 1.165) is 5.56 Å². The summed E-state index contributed by atoms with van der Waals surface area (Å²) in [5.74, 6) is -4.50. The van der Waals surface area contributed by atoms with Gasteiger partial charge in [0.15, 0.2) is 0 Å². The van der Waals surface area contributed by atoms with Crippen molar-refractivity contribution in [3.05, 3.63) is 35.9 Å². The van der Waals surface area contributed by atoms with Gasteiger partial charge in [-0.1, -0.05) is 78.8 Å². The van der Waals surface area contributed by atoms with Crippen LogP contribution in [0.4, 0.5) is 4.79 Å². The zero-order valence-electron chi connectivity index (χ0n) is 31.3. The van der Waals surface area contributed by atoms with Crippen LogP contribution >= 0.6 is 0 Å². The van der Waals surface area contributed by atoms with Crippen molar-refractivity contribution in [1.82, 2.24) is 26.6 Å². The summed E-state index contributed by atoms with van der Waals surface area (Å²) in [4.78, 5) is 77.3. The average molecular weight is 705 g/mol. The monoisotopic (exact) mass is 704 g/mol. The molecule has 0 aliphatic carbocycles. The molecule has 1 aromatic rings. The Morgan fingerprint density at radius 1 is 0.740 bits per heavy atom. The van der Waals surface area contributed by atoms with Crippen molar-refractivity contribution in [2.45, 2.75) is 131 Å². The normalized spacial score (nSPS) is 15.2. The van der Waals surface area contributed by atoms with Crippen LogP contribution in [-0.4, -0.2) is 76.6 Å². The second-order valence-electron chi connectivity index (χ2n) is 15.0. The zero-order chi connectivity index (χ0) is 38.3. The van der Waals surface area contributed by atoms with E-state index in [1.807, 2.05) is 58.0 Å². The quantitative estimate of drug-likeness (QED) is 0.113. The molecule has 0 spiro atoms. The third-order valence-electron chi connectivity index (χ3n) is 7.78. The zero-order valence-corrected chi connectivity index (χ0v) is 31.3. The first-order chi connectivity index (χ1) is 23.1. The highest BCUT2D eigenvalue weighted by Crippen LogP contribution is 2.17. The first-order valence-corrected chi connectivity index (χ1v) is 17.3. The van der Waals surface area contributed by atoms with Crippen molar-refractivity contribution in [3.63, 3.8) is 0 Å². The predicted molar refractivity (Wildman–Crippen MR) is 190 cm³/mol. The lowest BCUT2D eigenvalue weighted by atomic mass is 9.91. The van der Waals surface area contributed by atoms with Crippen LogP contribution < -0.4 is 32.3 Å². The van der Waals surface area contributed by atoms with Crippen molar-refractivity contribution in [3.8, 4) is 0 Å². The Morgan fingerprint density at radius 3 is 1.80 bits per heavy atom. The molecule has 0 aliphatic heterocycles. The van der Waals surface area contributed by atoms with E-state index in [4.69, 9.17) is 10.5 Å². The minimum Gasteiger partial charge on any atom is -0.444 e. The molecule has 0 radical (unpaired) electrons. The Labute approximate surface area is 296 Å². The number of ether oxygens (including phenoxy) is 1. The Kier molecular flexibility index (Phi) is 17.9. The fraction of sp³-hybridized carbons (Fsp3) is 0.667. The number of aliphatic hydroxyl groups is 1. The molecular weight excluding hydrogens is 644 g/mol. The average Bonchev–Trinajstić information content (AvgIpc) is 2.99. The van der Waals surface area contributed by atoms with E-state index in [1.54, 1.807) is 41.5 Å². The van der Waals surface area contributed by atoms with E-state index >= 15 is 0 Å². The topological polar surface area (TPSA) is 218 Å². The fourth-order valence-electron chi connectivity index (χ4n) is 5.10. The second-order valence-corrected chi connectivity index (χ2v) is 15.0. The van der Waals surface area contributed by atoms with Crippen molar-refractivity contribution in [1.29, 1.82) is 0 Å². The van der Waals surface area contributed by atoms with E-state index in [0.29, 0.717) is 13.0 Å². The highest BCUT2D eigenvalue weighted by Gasteiger charge is 2.34. The summed E-state index contributed by atoms with van der Waals surface area (Å²) >= 11 is 0. The first-order valence-electron chi connectivity index (χ1n) is 17.3. The van der Waals surface area contributed by atoms with Gasteiger partial charge < -0.3 is 42.2 Å². The summed E-state index contributed by atoms with van der Waals surface area (Å²) < 4.78 is 5.26. The fourth-order valence-corrected chi connectivity index (χ4v) is 5.10. The van der Waals surface area contributed by atoms with Crippen LogP contribution in [0.3, 0.4) is 0 Å². The third kappa shape index (κ3) is 16.5. The summed E-state index contributed by atoms with van der Waals surface area (Å²) in [6.45, 7) is 17.7. The van der Waals surface area contributed by atoms with E-state index in [2.05, 4.69) is 26.6 Å². The van der Waals surface area contributed by atoms with Crippen LogP contribution in [0.25, 0.3) is 0 Å². The van der Waals surface area contributed by atoms with Gasteiger partial charge in [-0.25, -0.2) is 4.79 Å². The van der Waals surface area contributed by atoms with Gasteiger partial charge in [-0.3, -0.25) is 24.0 Å². The van der Waals surface area contributed by atoms with E-state index in [1.165, 1.54) is 0 Å². The molecule has 1 rings (SSSR count). The third-order valence-corrected chi connectivity index (χ3v) is 7.78. The van der Waals surface area contributed by atoms with Gasteiger partial charge in [0.05, 0.1) is 18.6 Å². The number of aliphatic hydroxyl groups excluding tert-OH is 1. The smallest absolute Gasteiger partial charge is 0.408 e. The van der Waals surface area contributed by atoms with Gasteiger partial charge in [-0.2, -0.15) is 0 Å². The molecule has 0 saturated heterocycles. The summed E-state index contributed by atoms with van der Waals surface area (Å²) in [5, 5.41) is 24.7. The number of alkyl carbamates (subject to hydrolysis) is 1. The van der Waals surface area contributed by atoms with Crippen molar-refractivity contribution < 1.29 is 38.6 Å². The number of carbonyl (C=O) groups excluding carboxylic acids is 6. The van der Waals surface area contributed by atoms with E-state index < -0.39 is 83.9 Å². The molecule has 0 saturated carbocycles. The van der Waals surface area contributed by atoms with Gasteiger partial charge in [0.25, 0.3) is 0 Å². The maximum Gasteiger partial charge on any atom is 0.408 e. The van der Waals surface area contributed by atoms with Gasteiger partial charge in [0, 0.05) is 12.5 Å². The number of rotatable bonds is 19. The molecule has 6 atom stereocenters. The van der Waals surface area contributed by atoms with Crippen LogP contribution in [0.1, 0.15) is 94.1 Å². The highest BCUT2D eigenvalue weighted by molar-refractivity contribution is 5.94. The van der Waals surface area contributed by atoms with Crippen LogP contribution in [0, 0.1) is 23.7 Å². The van der Waals surface area contributed by atoms with Gasteiger partial charge in [-0.05, 0) is 56.9 Å². The molecule has 0 aliphatic rings. The summed E-state index contributed by atoms with van der Waals surface area (Å²) in [6.07, 6.45) is -2.31. The summed E-state index contributed by atoms with van der Waals surface area (Å²) in [7, 11) is 0. The molecule has 14 heteroatoms. The lowest BCUT2D eigenvalue weighted by Gasteiger charge is -2.30. The highest BCUT2D eigenvalue weighted by atomic mass is 16.6. The van der Waals surface area contributed by atoms with Gasteiger partial charge in [-0.15, -0.1) is 0 Å². The summed E-state index contributed by atoms with van der Waals surface area (Å²) in [5.41, 5.74) is 5.52. The Morgan fingerprint density at radius 2 is 1.30 bits per heavy atom. The van der Waals surface area contributed by atoms with Crippen molar-refractivity contribution in [2.75, 3.05) is 0 Å². The number of amides is 6. The predicted octanol–water partition coefficient (Wildman–Crippen LogP) is 2.27. The SMILES string of the molecule is CC(C)C[C@H](NC(=O)C(CC(N)=O)NC(=O)[C@@H](NC(=O)OC(C)(C)C)C(C)C)C(O)CC(C)C(=O)NC(C(=O)NCc1ccccc1)C(C)C. The van der Waals surface area contributed by atoms with Gasteiger partial charge in [0.2, 0.25) is 29.5 Å². The Balaban J connectivity index is 3.02. The molecule has 282 valence electrons.